The van der Waals surface area contributed by atoms with Crippen LogP contribution in [0.1, 0.15) is 60.3 Å². The maximum absolute atomic E-state index is 12.3. The first-order valence-electron chi connectivity index (χ1n) is 9.35. The van der Waals surface area contributed by atoms with Crippen molar-refractivity contribution in [2.45, 2.75) is 71.9 Å². The number of amides is 2. The summed E-state index contributed by atoms with van der Waals surface area (Å²) in [4.78, 5) is 30.4. The van der Waals surface area contributed by atoms with E-state index in [0.717, 1.165) is 19.4 Å². The third kappa shape index (κ3) is 8.74. The number of nitrogens with zero attached hydrogens (tertiary/aromatic N) is 2. The van der Waals surface area contributed by atoms with Crippen LogP contribution in [0.2, 0.25) is 0 Å². The molecule has 1 heterocycles. The predicted octanol–water partition coefficient (Wildman–Crippen LogP) is 1.25. The summed E-state index contributed by atoms with van der Waals surface area (Å²) in [6, 6.07) is 0.337. The molecule has 0 aliphatic carbocycles. The Labute approximate surface area is 152 Å². The molecule has 0 aromatic heterocycles. The molecule has 1 unspecified atom stereocenters. The van der Waals surface area contributed by atoms with Crippen LogP contribution in [0.4, 0.5) is 0 Å². The van der Waals surface area contributed by atoms with Gasteiger partial charge in [0.05, 0.1) is 0 Å². The Morgan fingerprint density at radius 2 is 1.92 bits per heavy atom. The van der Waals surface area contributed by atoms with Crippen LogP contribution in [0, 0.1) is 0 Å². The molecule has 1 fully saturated rings. The van der Waals surface area contributed by atoms with Crippen molar-refractivity contribution >= 4 is 17.8 Å². The first-order valence-corrected chi connectivity index (χ1v) is 9.35. The van der Waals surface area contributed by atoms with Gasteiger partial charge in [-0.05, 0) is 53.9 Å². The van der Waals surface area contributed by atoms with Gasteiger partial charge in [0.25, 0.3) is 0 Å². The molecule has 0 aromatic rings. The number of likely N-dealkylation sites (tertiary alicyclic amines) is 1. The Balaban J connectivity index is 2.42. The molecule has 1 aliphatic heterocycles. The fraction of sp³-hybridized carbons (Fsp3) is 0.833. The van der Waals surface area contributed by atoms with Crippen molar-refractivity contribution in [1.29, 1.82) is 0 Å². The highest BCUT2D eigenvalue weighted by molar-refractivity contribution is 5.85. The first-order chi connectivity index (χ1) is 11.7. The molecular formula is C18H35N5O2. The SMILES string of the molecule is CCNC(=NCC(=O)NC(C)(C)C)NCCC(=O)N1CCCCC1C. The Kier molecular flexibility index (Phi) is 8.72. The number of hydrogen-bond acceptors (Lipinski definition) is 3. The van der Waals surface area contributed by atoms with E-state index in [2.05, 4.69) is 27.9 Å². The molecular weight excluding hydrogens is 318 g/mol. The van der Waals surface area contributed by atoms with Gasteiger partial charge in [-0.3, -0.25) is 9.59 Å². The zero-order chi connectivity index (χ0) is 18.9. The van der Waals surface area contributed by atoms with E-state index in [1.54, 1.807) is 0 Å². The number of carbonyl (C=O) groups excluding carboxylic acids is 2. The van der Waals surface area contributed by atoms with Gasteiger partial charge in [0.1, 0.15) is 6.54 Å². The summed E-state index contributed by atoms with van der Waals surface area (Å²) in [7, 11) is 0. The molecule has 3 N–H and O–H groups in total. The minimum atomic E-state index is -0.268. The summed E-state index contributed by atoms with van der Waals surface area (Å²) >= 11 is 0. The van der Waals surface area contributed by atoms with Gasteiger partial charge in [-0.1, -0.05) is 0 Å². The third-order valence-corrected chi connectivity index (χ3v) is 3.99. The highest BCUT2D eigenvalue weighted by atomic mass is 16.2. The number of piperidine rings is 1. The van der Waals surface area contributed by atoms with Gasteiger partial charge in [0, 0.05) is 37.6 Å². The van der Waals surface area contributed by atoms with Crippen molar-refractivity contribution in [3.63, 3.8) is 0 Å². The number of carbonyl (C=O) groups is 2. The smallest absolute Gasteiger partial charge is 0.242 e. The highest BCUT2D eigenvalue weighted by Crippen LogP contribution is 2.16. The van der Waals surface area contributed by atoms with Gasteiger partial charge in [-0.25, -0.2) is 4.99 Å². The van der Waals surface area contributed by atoms with Crippen LogP contribution in [0.25, 0.3) is 0 Å². The maximum Gasteiger partial charge on any atom is 0.242 e. The molecule has 25 heavy (non-hydrogen) atoms. The molecule has 0 saturated carbocycles. The Morgan fingerprint density at radius 1 is 1.20 bits per heavy atom. The summed E-state index contributed by atoms with van der Waals surface area (Å²) < 4.78 is 0. The van der Waals surface area contributed by atoms with E-state index in [9.17, 15) is 9.59 Å². The van der Waals surface area contributed by atoms with Crippen molar-refractivity contribution in [3.05, 3.63) is 0 Å². The zero-order valence-corrected chi connectivity index (χ0v) is 16.4. The van der Waals surface area contributed by atoms with E-state index in [0.29, 0.717) is 31.5 Å². The average molecular weight is 354 g/mol. The number of hydrogen-bond donors (Lipinski definition) is 3. The van der Waals surface area contributed by atoms with Crippen molar-refractivity contribution < 1.29 is 9.59 Å². The number of aliphatic imine (C=N–C) groups is 1. The number of nitrogens with one attached hydrogen (secondary N) is 3. The molecule has 1 saturated heterocycles. The molecule has 7 nitrogen and oxygen atoms in total. The van der Waals surface area contributed by atoms with E-state index >= 15 is 0 Å². The topological polar surface area (TPSA) is 85.8 Å². The fourth-order valence-electron chi connectivity index (χ4n) is 2.85. The summed E-state index contributed by atoms with van der Waals surface area (Å²) in [5.74, 6) is 0.620. The largest absolute Gasteiger partial charge is 0.357 e. The molecule has 7 heteroatoms. The Morgan fingerprint density at radius 3 is 2.52 bits per heavy atom. The van der Waals surface area contributed by atoms with Gasteiger partial charge >= 0.3 is 0 Å². The van der Waals surface area contributed by atoms with E-state index < -0.39 is 0 Å². The van der Waals surface area contributed by atoms with E-state index in [1.807, 2.05) is 32.6 Å². The summed E-state index contributed by atoms with van der Waals surface area (Å²) in [5.41, 5.74) is -0.268. The molecule has 144 valence electrons. The second-order valence-electron chi connectivity index (χ2n) is 7.60. The quantitative estimate of drug-likeness (QED) is 0.495. The molecule has 0 radical (unpaired) electrons. The van der Waals surface area contributed by atoms with Crippen LogP contribution in [0.3, 0.4) is 0 Å². The summed E-state index contributed by atoms with van der Waals surface area (Å²) in [5, 5.41) is 9.11. The van der Waals surface area contributed by atoms with Gasteiger partial charge in [-0.2, -0.15) is 0 Å². The lowest BCUT2D eigenvalue weighted by atomic mass is 10.0. The van der Waals surface area contributed by atoms with Crippen molar-refractivity contribution in [3.8, 4) is 0 Å². The van der Waals surface area contributed by atoms with Gasteiger partial charge in [-0.15, -0.1) is 0 Å². The zero-order valence-electron chi connectivity index (χ0n) is 16.4. The normalized spacial score (nSPS) is 18.7. The fourth-order valence-corrected chi connectivity index (χ4v) is 2.85. The van der Waals surface area contributed by atoms with E-state index in [4.69, 9.17) is 0 Å². The molecule has 1 atom stereocenters. The third-order valence-electron chi connectivity index (χ3n) is 3.99. The van der Waals surface area contributed by atoms with E-state index in [1.165, 1.54) is 6.42 Å². The molecule has 0 spiro atoms. The van der Waals surface area contributed by atoms with Crippen LogP contribution in [0.5, 0.6) is 0 Å². The first kappa shape index (κ1) is 21.3. The maximum atomic E-state index is 12.3. The van der Waals surface area contributed by atoms with E-state index in [-0.39, 0.29) is 23.9 Å². The van der Waals surface area contributed by atoms with Crippen LogP contribution in [0.15, 0.2) is 4.99 Å². The minimum Gasteiger partial charge on any atom is -0.357 e. The average Bonchev–Trinajstić information content (AvgIpc) is 2.51. The van der Waals surface area contributed by atoms with Crippen molar-refractivity contribution in [2.75, 3.05) is 26.2 Å². The molecule has 0 bridgehead atoms. The van der Waals surface area contributed by atoms with Crippen LogP contribution in [-0.2, 0) is 9.59 Å². The van der Waals surface area contributed by atoms with Gasteiger partial charge < -0.3 is 20.9 Å². The van der Waals surface area contributed by atoms with Crippen LogP contribution >= 0.6 is 0 Å². The second-order valence-corrected chi connectivity index (χ2v) is 7.60. The summed E-state index contributed by atoms with van der Waals surface area (Å²) in [6.45, 7) is 12.0. The number of rotatable bonds is 6. The Hall–Kier alpha value is -1.79. The monoisotopic (exact) mass is 353 g/mol. The Bertz CT molecular complexity index is 471. The van der Waals surface area contributed by atoms with Crippen molar-refractivity contribution in [2.24, 2.45) is 4.99 Å². The predicted molar refractivity (Wildman–Crippen MR) is 102 cm³/mol. The second kappa shape index (κ2) is 10.3. The minimum absolute atomic E-state index is 0.0592. The number of guanidine groups is 1. The van der Waals surface area contributed by atoms with Crippen molar-refractivity contribution in [1.82, 2.24) is 20.9 Å². The molecule has 0 aromatic carbocycles. The van der Waals surface area contributed by atoms with Gasteiger partial charge in [0.2, 0.25) is 11.8 Å². The molecule has 2 amide bonds. The lowest BCUT2D eigenvalue weighted by Gasteiger charge is -2.33. The molecule has 1 rings (SSSR count). The highest BCUT2D eigenvalue weighted by Gasteiger charge is 2.22. The molecule has 1 aliphatic rings. The summed E-state index contributed by atoms with van der Waals surface area (Å²) in [6.07, 6.45) is 3.82. The standard InChI is InChI=1S/C18H35N5O2/c1-6-19-17(21-13-15(24)22-18(3,4)5)20-11-10-16(25)23-12-8-7-9-14(23)2/h14H,6-13H2,1-5H3,(H,22,24)(H2,19,20,21). The lowest BCUT2D eigenvalue weighted by molar-refractivity contribution is -0.134. The van der Waals surface area contributed by atoms with Gasteiger partial charge in [0.15, 0.2) is 5.96 Å². The van der Waals surface area contributed by atoms with Crippen LogP contribution < -0.4 is 16.0 Å². The lowest BCUT2D eigenvalue weighted by Crippen LogP contribution is -2.45. The van der Waals surface area contributed by atoms with Crippen LogP contribution in [-0.4, -0.2) is 60.4 Å².